The summed E-state index contributed by atoms with van der Waals surface area (Å²) in [5, 5.41) is 5.96. The van der Waals surface area contributed by atoms with Crippen LogP contribution in [0.2, 0.25) is 5.02 Å². The van der Waals surface area contributed by atoms with Crippen LogP contribution in [0, 0.1) is 6.92 Å². The molecule has 1 aromatic carbocycles. The third-order valence-corrected chi connectivity index (χ3v) is 4.66. The van der Waals surface area contributed by atoms with Crippen molar-refractivity contribution >= 4 is 39.7 Å². The van der Waals surface area contributed by atoms with Crippen LogP contribution < -0.4 is 15.8 Å². The number of alkyl halides is 3. The number of ether oxygens (including phenoxy) is 1. The Morgan fingerprint density at radius 3 is 2.81 bits per heavy atom. The summed E-state index contributed by atoms with van der Waals surface area (Å²) in [6.45, 7) is 1.29. The van der Waals surface area contributed by atoms with Crippen LogP contribution in [0.4, 0.5) is 24.0 Å². The molecular weight excluding hydrogens is 405 g/mol. The summed E-state index contributed by atoms with van der Waals surface area (Å²) in [5.41, 5.74) is 3.30. The van der Waals surface area contributed by atoms with Crippen molar-refractivity contribution in [3.05, 3.63) is 52.3 Å². The number of rotatable bonds is 5. The Balaban J connectivity index is 1.73. The summed E-state index contributed by atoms with van der Waals surface area (Å²) in [6.07, 6.45) is -3.69. The van der Waals surface area contributed by atoms with Gasteiger partial charge in [-0.05, 0) is 19.1 Å². The largest absolute Gasteiger partial charge is 0.468 e. The number of carbonyl (C=O) groups excluding carboxylic acids is 1. The van der Waals surface area contributed by atoms with Crippen LogP contribution in [0.3, 0.4) is 0 Å². The summed E-state index contributed by atoms with van der Waals surface area (Å²) in [5.74, 6) is -0.712. The van der Waals surface area contributed by atoms with E-state index in [1.165, 1.54) is 23.5 Å². The topological polar surface area (TPSA) is 66.5 Å². The molecule has 0 saturated carbocycles. The second-order valence-electron chi connectivity index (χ2n) is 5.57. The number of amides is 1. The van der Waals surface area contributed by atoms with Crippen molar-refractivity contribution in [2.24, 2.45) is 0 Å². The molecule has 0 fully saturated rings. The van der Waals surface area contributed by atoms with Crippen LogP contribution in [-0.2, 0) is 9.53 Å². The number of anilines is 2. The van der Waals surface area contributed by atoms with Gasteiger partial charge in [-0.1, -0.05) is 23.7 Å². The normalized spacial score (nSPS) is 17.0. The van der Waals surface area contributed by atoms with E-state index in [-0.39, 0.29) is 16.6 Å². The lowest BCUT2D eigenvalue weighted by Gasteiger charge is -2.25. The van der Waals surface area contributed by atoms with E-state index in [0.29, 0.717) is 5.13 Å². The third-order valence-electron chi connectivity index (χ3n) is 3.46. The molecule has 11 heteroatoms. The molecule has 1 aliphatic rings. The lowest BCUT2D eigenvalue weighted by molar-refractivity contribution is -0.142. The second-order valence-corrected chi connectivity index (χ2v) is 6.84. The first-order chi connectivity index (χ1) is 12.7. The first-order valence-electron chi connectivity index (χ1n) is 7.68. The van der Waals surface area contributed by atoms with Crippen LogP contribution in [-0.4, -0.2) is 29.7 Å². The highest BCUT2D eigenvalue weighted by molar-refractivity contribution is 7.13. The van der Waals surface area contributed by atoms with E-state index in [2.05, 4.69) is 15.7 Å². The average molecular weight is 419 g/mol. The highest BCUT2D eigenvalue weighted by Gasteiger charge is 2.44. The number of thiazole rings is 1. The van der Waals surface area contributed by atoms with Gasteiger partial charge in [-0.15, -0.1) is 11.3 Å². The minimum atomic E-state index is -4.54. The predicted molar refractivity (Wildman–Crippen MR) is 96.4 cm³/mol. The zero-order valence-electron chi connectivity index (χ0n) is 13.9. The van der Waals surface area contributed by atoms with E-state index in [9.17, 15) is 18.0 Å². The second kappa shape index (κ2) is 7.75. The molecule has 0 radical (unpaired) electrons. The molecule has 1 amide bonds. The number of hydrazine groups is 1. The molecule has 1 unspecified atom stereocenters. The fourth-order valence-corrected chi connectivity index (χ4v) is 3.19. The van der Waals surface area contributed by atoms with Crippen molar-refractivity contribution in [2.75, 3.05) is 16.9 Å². The van der Waals surface area contributed by atoms with E-state index in [1.54, 1.807) is 24.4 Å². The average Bonchev–Trinajstić information content (AvgIpc) is 3.19. The van der Waals surface area contributed by atoms with Gasteiger partial charge in [-0.2, -0.15) is 13.2 Å². The first kappa shape index (κ1) is 19.5. The standard InChI is InChI=1S/C16H14ClF3N4O2S/c1-9-8-27-15(21-9)22-13(25)7-26-14-6-12(16(18,19)20)23-24(14)11-5-3-2-4-10(11)17/h2-6,8,12,23H,7H2,1H3,(H,21,22,25). The number of aryl methyl sites for hydroxylation is 1. The summed E-state index contributed by atoms with van der Waals surface area (Å²) in [7, 11) is 0. The van der Waals surface area contributed by atoms with Gasteiger partial charge >= 0.3 is 6.18 Å². The van der Waals surface area contributed by atoms with E-state index >= 15 is 0 Å². The molecule has 1 aliphatic heterocycles. The molecular formula is C16H14ClF3N4O2S. The summed E-state index contributed by atoms with van der Waals surface area (Å²) in [4.78, 5) is 16.1. The third kappa shape index (κ3) is 4.71. The monoisotopic (exact) mass is 418 g/mol. The van der Waals surface area contributed by atoms with Crippen LogP contribution in [0.1, 0.15) is 5.69 Å². The SMILES string of the molecule is Cc1csc(NC(=O)COC2=CC(C(F)(F)F)NN2c2ccccc2Cl)n1. The fraction of sp³-hybridized carbons (Fsp3) is 0.250. The van der Waals surface area contributed by atoms with Gasteiger partial charge in [0.05, 0.1) is 16.4 Å². The van der Waals surface area contributed by atoms with E-state index < -0.39 is 24.7 Å². The molecule has 3 rings (SSSR count). The molecule has 0 aliphatic carbocycles. The van der Waals surface area contributed by atoms with E-state index in [1.807, 2.05) is 0 Å². The Kier molecular flexibility index (Phi) is 5.59. The molecule has 6 nitrogen and oxygen atoms in total. The van der Waals surface area contributed by atoms with Gasteiger partial charge in [0.15, 0.2) is 11.7 Å². The maximum absolute atomic E-state index is 13.1. The zero-order valence-corrected chi connectivity index (χ0v) is 15.5. The number of benzene rings is 1. The van der Waals surface area contributed by atoms with Gasteiger partial charge in [0.25, 0.3) is 5.91 Å². The van der Waals surface area contributed by atoms with Crippen molar-refractivity contribution in [1.29, 1.82) is 0 Å². The van der Waals surface area contributed by atoms with Gasteiger partial charge in [0.1, 0.15) is 6.04 Å². The maximum atomic E-state index is 13.1. The smallest absolute Gasteiger partial charge is 0.409 e. The highest BCUT2D eigenvalue weighted by atomic mass is 35.5. The Bertz CT molecular complexity index is 871. The van der Waals surface area contributed by atoms with Crippen LogP contribution in [0.5, 0.6) is 0 Å². The number of carbonyl (C=O) groups is 1. The van der Waals surface area contributed by atoms with E-state index in [4.69, 9.17) is 16.3 Å². The van der Waals surface area contributed by atoms with Crippen LogP contribution >= 0.6 is 22.9 Å². The lowest BCUT2D eigenvalue weighted by atomic mass is 10.3. The number of nitrogens with zero attached hydrogens (tertiary/aromatic N) is 2. The van der Waals surface area contributed by atoms with Gasteiger partial charge in [0, 0.05) is 11.5 Å². The summed E-state index contributed by atoms with van der Waals surface area (Å²) in [6, 6.07) is 4.38. The Labute approximate surface area is 161 Å². The van der Waals surface area contributed by atoms with Crippen molar-refractivity contribution < 1.29 is 22.7 Å². The van der Waals surface area contributed by atoms with Crippen molar-refractivity contribution in [3.8, 4) is 0 Å². The molecule has 2 heterocycles. The molecule has 1 aromatic heterocycles. The number of hydrogen-bond donors (Lipinski definition) is 2. The number of aromatic nitrogens is 1. The molecule has 0 spiro atoms. The minimum Gasteiger partial charge on any atom is -0.468 e. The molecule has 0 saturated heterocycles. The van der Waals surface area contributed by atoms with Gasteiger partial charge in [-0.3, -0.25) is 10.1 Å². The number of halogens is 4. The molecule has 2 aromatic rings. The lowest BCUT2D eigenvalue weighted by Crippen LogP contribution is -2.45. The maximum Gasteiger partial charge on any atom is 0.409 e. The van der Waals surface area contributed by atoms with Crippen molar-refractivity contribution in [3.63, 3.8) is 0 Å². The van der Waals surface area contributed by atoms with Gasteiger partial charge in [-0.25, -0.2) is 15.4 Å². The summed E-state index contributed by atoms with van der Waals surface area (Å²) >= 11 is 7.31. The Hall–Kier alpha value is -2.30. The van der Waals surface area contributed by atoms with Gasteiger partial charge < -0.3 is 4.74 Å². The summed E-state index contributed by atoms with van der Waals surface area (Å²) < 4.78 is 44.6. The van der Waals surface area contributed by atoms with Gasteiger partial charge in [0.2, 0.25) is 5.88 Å². The fourth-order valence-electron chi connectivity index (χ4n) is 2.26. The van der Waals surface area contributed by atoms with Crippen LogP contribution in [0.15, 0.2) is 41.6 Å². The molecule has 1 atom stereocenters. The van der Waals surface area contributed by atoms with E-state index in [0.717, 1.165) is 16.8 Å². The number of hydrogen-bond acceptors (Lipinski definition) is 6. The van der Waals surface area contributed by atoms with Crippen LogP contribution in [0.25, 0.3) is 0 Å². The highest BCUT2D eigenvalue weighted by Crippen LogP contribution is 2.33. The molecule has 0 bridgehead atoms. The van der Waals surface area contributed by atoms with Crippen molar-refractivity contribution in [1.82, 2.24) is 10.4 Å². The Morgan fingerprint density at radius 2 is 2.19 bits per heavy atom. The number of nitrogens with one attached hydrogen (secondary N) is 2. The first-order valence-corrected chi connectivity index (χ1v) is 8.94. The minimum absolute atomic E-state index is 0.170. The predicted octanol–water partition coefficient (Wildman–Crippen LogP) is 3.86. The molecule has 27 heavy (non-hydrogen) atoms. The molecule has 144 valence electrons. The zero-order chi connectivity index (χ0) is 19.6. The van der Waals surface area contributed by atoms with Crippen molar-refractivity contribution in [2.45, 2.75) is 19.1 Å². The Morgan fingerprint density at radius 1 is 1.44 bits per heavy atom. The quantitative estimate of drug-likeness (QED) is 0.772. The molecule has 2 N–H and O–H groups in total. The number of para-hydroxylation sites is 1.